The summed E-state index contributed by atoms with van der Waals surface area (Å²) in [4.78, 5) is 32.9. The van der Waals surface area contributed by atoms with Crippen molar-refractivity contribution in [3.05, 3.63) is 88.5 Å². The van der Waals surface area contributed by atoms with Gasteiger partial charge in [0.05, 0.1) is 36.3 Å². The van der Waals surface area contributed by atoms with Crippen molar-refractivity contribution in [2.45, 2.75) is 6.92 Å². The summed E-state index contributed by atoms with van der Waals surface area (Å²) in [5, 5.41) is 1.99. The molecule has 2 aromatic heterocycles. The zero-order valence-corrected chi connectivity index (χ0v) is 19.9. The van der Waals surface area contributed by atoms with Gasteiger partial charge < -0.3 is 18.9 Å². The number of aromatic nitrogens is 3. The first-order valence-corrected chi connectivity index (χ1v) is 12.0. The number of nitrogens with zero attached hydrogens (tertiary/aromatic N) is 4. The van der Waals surface area contributed by atoms with Gasteiger partial charge in [0.2, 0.25) is 5.43 Å². The second-order valence-corrected chi connectivity index (χ2v) is 9.27. The number of aryl methyl sites for hydroxylation is 1. The monoisotopic (exact) mass is 496 g/mol. The van der Waals surface area contributed by atoms with Crippen LogP contribution < -0.4 is 10.2 Å². The Hall–Kier alpha value is -4.50. The molecule has 0 spiro atoms. The molecule has 0 bridgehead atoms. The first-order valence-electron chi connectivity index (χ1n) is 12.0. The van der Waals surface area contributed by atoms with Crippen molar-refractivity contribution < 1.29 is 18.7 Å². The lowest BCUT2D eigenvalue weighted by molar-refractivity contribution is 0.0302. The number of halogens is 1. The number of carbonyl (C=O) groups excluding carboxylic acids is 1. The lowest BCUT2D eigenvalue weighted by atomic mass is 10.0. The Kier molecular flexibility index (Phi) is 4.71. The molecule has 0 atom stereocenters. The molecule has 0 N–H and O–H groups in total. The van der Waals surface area contributed by atoms with Crippen LogP contribution in [0.15, 0.2) is 66.0 Å². The van der Waals surface area contributed by atoms with Crippen LogP contribution in [0.5, 0.6) is 11.5 Å². The number of pyridine rings is 1. The van der Waals surface area contributed by atoms with E-state index in [2.05, 4.69) is 4.98 Å². The standard InChI is InChI=1S/C28H21FN4O4/c1-16-13-32(15-30-16)25-21(29)12-19-24-27(25)37-23-11-18-5-3-2-4-17(18)10-22(23)33(24)14-20(26(19)34)28(35)31-6-8-36-9-7-31/h2-5,10-15H,6-9H2,1H3. The predicted molar refractivity (Wildman–Crippen MR) is 136 cm³/mol. The molecule has 9 heteroatoms. The van der Waals surface area contributed by atoms with Crippen molar-refractivity contribution in [1.29, 1.82) is 0 Å². The first kappa shape index (κ1) is 21.8. The van der Waals surface area contributed by atoms with E-state index in [0.717, 1.165) is 10.8 Å². The van der Waals surface area contributed by atoms with Crippen LogP contribution >= 0.6 is 0 Å². The lowest BCUT2D eigenvalue weighted by Gasteiger charge is -2.29. The van der Waals surface area contributed by atoms with Gasteiger partial charge in [0.15, 0.2) is 17.3 Å². The Morgan fingerprint density at radius 2 is 1.81 bits per heavy atom. The average Bonchev–Trinajstić information content (AvgIpc) is 3.34. The SMILES string of the molecule is Cc1cn(-c2c(F)cc3c(=O)c(C(=O)N4CCOCC4)cn4c3c2Oc2cc3ccccc3cc2-4)cn1. The average molecular weight is 496 g/mol. The lowest BCUT2D eigenvalue weighted by Crippen LogP contribution is -2.42. The zero-order chi connectivity index (χ0) is 25.3. The molecule has 184 valence electrons. The molecule has 1 fully saturated rings. The second-order valence-electron chi connectivity index (χ2n) is 9.27. The van der Waals surface area contributed by atoms with Crippen molar-refractivity contribution in [2.24, 2.45) is 0 Å². The fourth-order valence-corrected chi connectivity index (χ4v) is 5.16. The van der Waals surface area contributed by atoms with Crippen molar-refractivity contribution in [2.75, 3.05) is 26.3 Å². The smallest absolute Gasteiger partial charge is 0.259 e. The van der Waals surface area contributed by atoms with Gasteiger partial charge in [-0.15, -0.1) is 0 Å². The van der Waals surface area contributed by atoms with Gasteiger partial charge in [0.25, 0.3) is 5.91 Å². The van der Waals surface area contributed by atoms with Crippen LogP contribution in [-0.2, 0) is 4.74 Å². The summed E-state index contributed by atoms with van der Waals surface area (Å²) in [6.45, 7) is 3.40. The van der Waals surface area contributed by atoms with E-state index in [1.807, 2.05) is 43.3 Å². The molecule has 3 aromatic carbocycles. The van der Waals surface area contributed by atoms with Crippen LogP contribution in [0.3, 0.4) is 0 Å². The number of fused-ring (bicyclic) bond motifs is 3. The Balaban J connectivity index is 1.57. The molecule has 4 heterocycles. The maximum atomic E-state index is 15.7. The summed E-state index contributed by atoms with van der Waals surface area (Å²) >= 11 is 0. The van der Waals surface area contributed by atoms with E-state index in [0.29, 0.717) is 49.0 Å². The summed E-state index contributed by atoms with van der Waals surface area (Å²) in [5.41, 5.74) is 1.35. The maximum absolute atomic E-state index is 15.7. The fraction of sp³-hybridized carbons (Fsp3) is 0.179. The Bertz CT molecular complexity index is 1820. The van der Waals surface area contributed by atoms with Crippen LogP contribution in [-0.4, -0.2) is 51.2 Å². The van der Waals surface area contributed by atoms with Gasteiger partial charge in [-0.05, 0) is 35.9 Å². The third kappa shape index (κ3) is 3.27. The number of imidazole rings is 1. The molecular formula is C28H21FN4O4. The summed E-state index contributed by atoms with van der Waals surface area (Å²) in [7, 11) is 0. The van der Waals surface area contributed by atoms with E-state index in [1.54, 1.807) is 26.4 Å². The van der Waals surface area contributed by atoms with Crippen molar-refractivity contribution in [3.63, 3.8) is 0 Å². The first-order chi connectivity index (χ1) is 18.0. The van der Waals surface area contributed by atoms with E-state index in [1.165, 1.54) is 12.4 Å². The Labute approximate surface area is 210 Å². The number of rotatable bonds is 2. The number of benzene rings is 3. The summed E-state index contributed by atoms with van der Waals surface area (Å²) in [5.74, 6) is -0.366. The third-order valence-corrected chi connectivity index (χ3v) is 6.97. The third-order valence-electron chi connectivity index (χ3n) is 6.97. The fourth-order valence-electron chi connectivity index (χ4n) is 5.16. The molecule has 0 saturated carbocycles. The van der Waals surface area contributed by atoms with Gasteiger partial charge in [-0.1, -0.05) is 24.3 Å². The van der Waals surface area contributed by atoms with E-state index >= 15 is 4.39 Å². The minimum absolute atomic E-state index is 0.0213. The molecule has 0 radical (unpaired) electrons. The van der Waals surface area contributed by atoms with Gasteiger partial charge in [-0.2, -0.15) is 0 Å². The largest absolute Gasteiger partial charge is 0.451 e. The second kappa shape index (κ2) is 8.01. The predicted octanol–water partition coefficient (Wildman–Crippen LogP) is 4.36. The molecule has 1 amide bonds. The minimum atomic E-state index is -0.649. The van der Waals surface area contributed by atoms with Gasteiger partial charge in [0, 0.05) is 25.5 Å². The molecule has 8 nitrogen and oxygen atoms in total. The molecule has 37 heavy (non-hydrogen) atoms. The van der Waals surface area contributed by atoms with Crippen LogP contribution in [0, 0.1) is 12.7 Å². The molecule has 2 aliphatic heterocycles. The molecule has 2 aliphatic rings. The van der Waals surface area contributed by atoms with Gasteiger partial charge in [-0.25, -0.2) is 9.37 Å². The quantitative estimate of drug-likeness (QED) is 0.356. The summed E-state index contributed by atoms with van der Waals surface area (Å²) in [6.07, 6.45) is 4.76. The van der Waals surface area contributed by atoms with Crippen molar-refractivity contribution >= 4 is 27.6 Å². The maximum Gasteiger partial charge on any atom is 0.259 e. The minimum Gasteiger partial charge on any atom is -0.451 e. The van der Waals surface area contributed by atoms with Gasteiger partial charge in [0.1, 0.15) is 16.8 Å². The normalized spacial score (nSPS) is 14.6. The molecule has 0 aliphatic carbocycles. The topological polar surface area (TPSA) is 78.6 Å². The van der Waals surface area contributed by atoms with E-state index in [9.17, 15) is 9.59 Å². The molecular weight excluding hydrogens is 475 g/mol. The highest BCUT2D eigenvalue weighted by Crippen LogP contribution is 2.45. The van der Waals surface area contributed by atoms with Crippen LogP contribution in [0.2, 0.25) is 0 Å². The number of carbonyl (C=O) groups is 1. The van der Waals surface area contributed by atoms with Crippen molar-refractivity contribution in [1.82, 2.24) is 19.0 Å². The molecule has 1 saturated heterocycles. The van der Waals surface area contributed by atoms with Gasteiger partial charge in [-0.3, -0.25) is 14.2 Å². The number of ether oxygens (including phenoxy) is 2. The molecule has 0 unspecified atom stereocenters. The van der Waals surface area contributed by atoms with Gasteiger partial charge >= 0.3 is 0 Å². The van der Waals surface area contributed by atoms with Crippen LogP contribution in [0.4, 0.5) is 4.39 Å². The molecule has 7 rings (SSSR count). The molecule has 5 aromatic rings. The highest BCUT2D eigenvalue weighted by molar-refractivity contribution is 6.01. The Morgan fingerprint density at radius 1 is 1.05 bits per heavy atom. The number of hydrogen-bond donors (Lipinski definition) is 0. The number of amides is 1. The summed E-state index contributed by atoms with van der Waals surface area (Å²) in [6, 6.07) is 12.8. The van der Waals surface area contributed by atoms with Crippen LogP contribution in [0.1, 0.15) is 16.1 Å². The van der Waals surface area contributed by atoms with E-state index in [4.69, 9.17) is 9.47 Å². The Morgan fingerprint density at radius 3 is 2.54 bits per heavy atom. The van der Waals surface area contributed by atoms with Crippen LogP contribution in [0.25, 0.3) is 33.1 Å². The van der Waals surface area contributed by atoms with E-state index in [-0.39, 0.29) is 22.4 Å². The zero-order valence-electron chi connectivity index (χ0n) is 19.9. The highest BCUT2D eigenvalue weighted by Gasteiger charge is 2.31. The summed E-state index contributed by atoms with van der Waals surface area (Å²) < 4.78 is 30.8. The number of hydrogen-bond acceptors (Lipinski definition) is 5. The highest BCUT2D eigenvalue weighted by atomic mass is 19.1. The number of morpholine rings is 1. The van der Waals surface area contributed by atoms with E-state index < -0.39 is 17.2 Å². The van der Waals surface area contributed by atoms with Crippen molar-refractivity contribution in [3.8, 4) is 22.9 Å².